The normalized spacial score (nSPS) is 11.6. The first kappa shape index (κ1) is 25.8. The molecule has 9 nitrogen and oxygen atoms in total. The van der Waals surface area contributed by atoms with Crippen LogP contribution in [0.2, 0.25) is 0 Å². The Hall–Kier alpha value is -3.84. The standard InChI is InChI=1S/C21H22F5N7O2/c1-10-5-13(30-31-17(10)14-8-33(4)32-18(14)21(24,25)26)7-27-20(34)29-15-6-11(2)28-19(12(15)3)35-9-16(22)23/h5-6,8,16H,7,9H2,1-4H3,(H2,27,28,29,34). The van der Waals surface area contributed by atoms with E-state index in [9.17, 15) is 26.7 Å². The van der Waals surface area contributed by atoms with E-state index < -0.39 is 30.9 Å². The summed E-state index contributed by atoms with van der Waals surface area (Å²) in [4.78, 5) is 16.4. The van der Waals surface area contributed by atoms with Crippen LogP contribution in [0.25, 0.3) is 11.3 Å². The fraction of sp³-hybridized carbons (Fsp3) is 0.381. The molecule has 0 saturated carbocycles. The van der Waals surface area contributed by atoms with Gasteiger partial charge in [-0.15, -0.1) is 5.10 Å². The summed E-state index contributed by atoms with van der Waals surface area (Å²) in [7, 11) is 1.37. The third-order valence-corrected chi connectivity index (χ3v) is 4.77. The molecule has 14 heteroatoms. The minimum absolute atomic E-state index is 0.0219. The van der Waals surface area contributed by atoms with Crippen molar-refractivity contribution in [3.05, 3.63) is 46.5 Å². The molecule has 2 amide bonds. The van der Waals surface area contributed by atoms with Crippen LogP contribution in [0, 0.1) is 20.8 Å². The maximum Gasteiger partial charge on any atom is 0.435 e. The van der Waals surface area contributed by atoms with Gasteiger partial charge in [0.15, 0.2) is 12.3 Å². The molecular formula is C21H22F5N7O2. The second-order valence-electron chi connectivity index (χ2n) is 7.68. The highest BCUT2D eigenvalue weighted by Crippen LogP contribution is 2.36. The number of nitrogens with one attached hydrogen (secondary N) is 2. The smallest absolute Gasteiger partial charge is 0.435 e. The van der Waals surface area contributed by atoms with Gasteiger partial charge in [-0.05, 0) is 38.5 Å². The van der Waals surface area contributed by atoms with Crippen LogP contribution in [0.15, 0.2) is 18.3 Å². The number of alkyl halides is 5. The first-order chi connectivity index (χ1) is 16.3. The van der Waals surface area contributed by atoms with Gasteiger partial charge in [0.2, 0.25) is 5.88 Å². The summed E-state index contributed by atoms with van der Waals surface area (Å²) < 4.78 is 70.8. The number of aryl methyl sites for hydroxylation is 3. The van der Waals surface area contributed by atoms with Crippen molar-refractivity contribution in [2.24, 2.45) is 7.05 Å². The lowest BCUT2D eigenvalue weighted by atomic mass is 10.1. The average Bonchev–Trinajstić information content (AvgIpc) is 3.15. The Balaban J connectivity index is 1.69. The molecule has 3 aromatic rings. The number of amides is 2. The monoisotopic (exact) mass is 499 g/mol. The summed E-state index contributed by atoms with van der Waals surface area (Å²) in [6.45, 7) is 3.84. The molecule has 0 aliphatic rings. The van der Waals surface area contributed by atoms with Gasteiger partial charge in [-0.1, -0.05) is 0 Å². The molecule has 0 bridgehead atoms. The number of carbonyl (C=O) groups is 1. The van der Waals surface area contributed by atoms with Gasteiger partial charge in [0.25, 0.3) is 6.43 Å². The molecule has 35 heavy (non-hydrogen) atoms. The Bertz CT molecular complexity index is 1230. The molecule has 0 aliphatic heterocycles. The van der Waals surface area contributed by atoms with Crippen molar-refractivity contribution in [2.45, 2.75) is 39.9 Å². The summed E-state index contributed by atoms with van der Waals surface area (Å²) in [5, 5.41) is 16.4. The Morgan fingerprint density at radius 3 is 2.51 bits per heavy atom. The molecule has 0 spiro atoms. The molecule has 0 fully saturated rings. The minimum atomic E-state index is -4.66. The van der Waals surface area contributed by atoms with Crippen molar-refractivity contribution in [1.82, 2.24) is 30.3 Å². The van der Waals surface area contributed by atoms with E-state index in [1.807, 2.05) is 0 Å². The van der Waals surface area contributed by atoms with Crippen LogP contribution < -0.4 is 15.4 Å². The molecule has 188 valence electrons. The van der Waals surface area contributed by atoms with Crippen LogP contribution >= 0.6 is 0 Å². The fourth-order valence-corrected chi connectivity index (χ4v) is 3.22. The van der Waals surface area contributed by atoms with E-state index >= 15 is 0 Å². The second-order valence-corrected chi connectivity index (χ2v) is 7.68. The van der Waals surface area contributed by atoms with Crippen LogP contribution in [-0.2, 0) is 19.8 Å². The molecule has 3 rings (SSSR count). The number of hydrogen-bond acceptors (Lipinski definition) is 6. The Kier molecular flexibility index (Phi) is 7.51. The number of halogens is 5. The highest BCUT2D eigenvalue weighted by atomic mass is 19.4. The molecule has 0 saturated heterocycles. The molecule has 0 aromatic carbocycles. The van der Waals surface area contributed by atoms with E-state index in [-0.39, 0.29) is 23.7 Å². The summed E-state index contributed by atoms with van der Waals surface area (Å²) in [6.07, 6.45) is -6.12. The maximum atomic E-state index is 13.3. The van der Waals surface area contributed by atoms with Crippen molar-refractivity contribution in [1.29, 1.82) is 0 Å². The molecule has 3 aromatic heterocycles. The van der Waals surface area contributed by atoms with Gasteiger partial charge in [0.1, 0.15) is 0 Å². The van der Waals surface area contributed by atoms with Crippen molar-refractivity contribution >= 4 is 11.7 Å². The summed E-state index contributed by atoms with van der Waals surface area (Å²) >= 11 is 0. The third kappa shape index (κ3) is 6.39. The second kappa shape index (κ2) is 10.2. The van der Waals surface area contributed by atoms with E-state index in [1.54, 1.807) is 26.8 Å². The number of rotatable bonds is 7. The topological polar surface area (TPSA) is 107 Å². The Morgan fingerprint density at radius 1 is 1.17 bits per heavy atom. The zero-order chi connectivity index (χ0) is 25.9. The zero-order valence-corrected chi connectivity index (χ0v) is 19.2. The van der Waals surface area contributed by atoms with Crippen molar-refractivity contribution in [2.75, 3.05) is 11.9 Å². The predicted octanol–water partition coefficient (Wildman–Crippen LogP) is 4.18. The third-order valence-electron chi connectivity index (χ3n) is 4.77. The lowest BCUT2D eigenvalue weighted by Crippen LogP contribution is -2.29. The highest BCUT2D eigenvalue weighted by molar-refractivity contribution is 5.90. The van der Waals surface area contributed by atoms with E-state index in [0.29, 0.717) is 28.2 Å². The first-order valence-electron chi connectivity index (χ1n) is 10.2. The lowest BCUT2D eigenvalue weighted by Gasteiger charge is -2.14. The summed E-state index contributed by atoms with van der Waals surface area (Å²) in [5.41, 5.74) is 0.605. The SMILES string of the molecule is Cc1cc(NC(=O)NCc2cc(C)c(-c3cn(C)nc3C(F)(F)F)nn2)c(C)c(OCC(F)F)n1. The first-order valence-corrected chi connectivity index (χ1v) is 10.2. The maximum absolute atomic E-state index is 13.3. The number of carbonyl (C=O) groups excluding carboxylic acids is 1. The molecule has 0 aliphatic carbocycles. The molecule has 0 radical (unpaired) electrons. The Labute approximate surface area is 196 Å². The molecule has 2 N–H and O–H groups in total. The highest BCUT2D eigenvalue weighted by Gasteiger charge is 2.38. The van der Waals surface area contributed by atoms with Crippen LogP contribution in [-0.4, -0.2) is 44.0 Å². The number of nitrogens with zero attached hydrogens (tertiary/aromatic N) is 5. The van der Waals surface area contributed by atoms with Crippen LogP contribution in [0.5, 0.6) is 5.88 Å². The number of pyridine rings is 1. The average molecular weight is 499 g/mol. The molecule has 3 heterocycles. The number of hydrogen-bond donors (Lipinski definition) is 2. The summed E-state index contributed by atoms with van der Waals surface area (Å²) in [6, 6.07) is 2.43. The van der Waals surface area contributed by atoms with Gasteiger partial charge < -0.3 is 15.4 Å². The van der Waals surface area contributed by atoms with Crippen molar-refractivity contribution < 1.29 is 31.5 Å². The van der Waals surface area contributed by atoms with Crippen LogP contribution in [0.3, 0.4) is 0 Å². The van der Waals surface area contributed by atoms with Crippen molar-refractivity contribution in [3.63, 3.8) is 0 Å². The van der Waals surface area contributed by atoms with E-state index in [2.05, 4.69) is 30.9 Å². The van der Waals surface area contributed by atoms with Gasteiger partial charge in [-0.3, -0.25) is 4.68 Å². The van der Waals surface area contributed by atoms with E-state index in [0.717, 1.165) is 4.68 Å². The molecular weight excluding hydrogens is 477 g/mol. The number of anilines is 1. The Morgan fingerprint density at radius 2 is 1.89 bits per heavy atom. The zero-order valence-electron chi connectivity index (χ0n) is 19.2. The molecule has 0 unspecified atom stereocenters. The van der Waals surface area contributed by atoms with Crippen molar-refractivity contribution in [3.8, 4) is 17.1 Å². The number of ether oxygens (including phenoxy) is 1. The van der Waals surface area contributed by atoms with Gasteiger partial charge in [-0.2, -0.15) is 23.4 Å². The molecule has 0 atom stereocenters. The predicted molar refractivity (Wildman–Crippen MR) is 115 cm³/mol. The van der Waals surface area contributed by atoms with Gasteiger partial charge in [0, 0.05) is 24.5 Å². The van der Waals surface area contributed by atoms with E-state index in [1.165, 1.54) is 19.3 Å². The number of aromatic nitrogens is 5. The van der Waals surface area contributed by atoms with Gasteiger partial charge in [-0.25, -0.2) is 18.6 Å². The van der Waals surface area contributed by atoms with Crippen LogP contribution in [0.4, 0.5) is 32.4 Å². The largest absolute Gasteiger partial charge is 0.471 e. The quantitative estimate of drug-likeness (QED) is 0.473. The summed E-state index contributed by atoms with van der Waals surface area (Å²) in [5.74, 6) is -0.0219. The van der Waals surface area contributed by atoms with Gasteiger partial charge in [0.05, 0.1) is 29.2 Å². The lowest BCUT2D eigenvalue weighted by molar-refractivity contribution is -0.141. The van der Waals surface area contributed by atoms with Crippen LogP contribution in [0.1, 0.15) is 28.2 Å². The fourth-order valence-electron chi connectivity index (χ4n) is 3.22. The van der Waals surface area contributed by atoms with Gasteiger partial charge >= 0.3 is 12.2 Å². The number of urea groups is 1. The minimum Gasteiger partial charge on any atom is -0.471 e. The van der Waals surface area contributed by atoms with E-state index in [4.69, 9.17) is 4.74 Å².